The van der Waals surface area contributed by atoms with E-state index in [4.69, 9.17) is 19.2 Å². The number of rotatable bonds is 5. The van der Waals surface area contributed by atoms with Crippen molar-refractivity contribution in [3.8, 4) is 23.0 Å². The predicted octanol–water partition coefficient (Wildman–Crippen LogP) is 4.65. The van der Waals surface area contributed by atoms with Crippen LogP contribution < -0.4 is 29.1 Å². The number of aryl methyl sites for hydroxylation is 1. The average molecular weight is 653 g/mol. The molecule has 4 aromatic rings. The van der Waals surface area contributed by atoms with Crippen LogP contribution in [0.2, 0.25) is 0 Å². The van der Waals surface area contributed by atoms with Crippen molar-refractivity contribution in [3.63, 3.8) is 0 Å². The highest BCUT2D eigenvalue weighted by atomic mass is 127. The number of nitrogens with zero attached hydrogens (tertiary/aromatic N) is 2. The van der Waals surface area contributed by atoms with E-state index in [1.165, 1.54) is 24.0 Å². The normalized spacial score (nSPS) is 16.2. The number of hydrogen-bond acceptors (Lipinski definition) is 7. The third-order valence-electron chi connectivity index (χ3n) is 7.16. The molecule has 1 atom stereocenters. The molecule has 0 saturated heterocycles. The van der Waals surface area contributed by atoms with E-state index in [2.05, 4.69) is 40.8 Å². The lowest BCUT2D eigenvalue weighted by molar-refractivity contribution is 0.354. The Balaban J connectivity index is 1.61. The SMILES string of the molecule is COc1ccc([C@H]2C3=C(N=c4s/c(=C\c5cc(I)c(O)c(OC)c5)c(=O)n42)c2ccccc2CC3)cc1OC. The number of ether oxygens (including phenoxy) is 3. The van der Waals surface area contributed by atoms with Gasteiger partial charge in [-0.1, -0.05) is 41.7 Å². The monoisotopic (exact) mass is 652 g/mol. The van der Waals surface area contributed by atoms with E-state index in [1.54, 1.807) is 24.9 Å². The Hall–Kier alpha value is -3.57. The Morgan fingerprint density at radius 3 is 2.54 bits per heavy atom. The summed E-state index contributed by atoms with van der Waals surface area (Å²) < 4.78 is 19.4. The van der Waals surface area contributed by atoms with Crippen molar-refractivity contribution in [2.45, 2.75) is 18.9 Å². The van der Waals surface area contributed by atoms with Crippen LogP contribution in [0.1, 0.15) is 34.7 Å². The van der Waals surface area contributed by atoms with Crippen molar-refractivity contribution in [1.82, 2.24) is 4.57 Å². The van der Waals surface area contributed by atoms with Crippen LogP contribution in [0.25, 0.3) is 11.8 Å². The van der Waals surface area contributed by atoms with Gasteiger partial charge in [0.05, 0.1) is 41.2 Å². The first-order valence-electron chi connectivity index (χ1n) is 12.3. The minimum Gasteiger partial charge on any atom is -0.504 e. The Labute approximate surface area is 242 Å². The lowest BCUT2D eigenvalue weighted by Gasteiger charge is -2.31. The maximum Gasteiger partial charge on any atom is 0.271 e. The van der Waals surface area contributed by atoms with Crippen molar-refractivity contribution in [3.05, 3.63) is 106 Å². The minimum absolute atomic E-state index is 0.0801. The molecule has 0 bridgehead atoms. The topological polar surface area (TPSA) is 82.3 Å². The summed E-state index contributed by atoms with van der Waals surface area (Å²) in [5, 5.41) is 10.3. The zero-order chi connectivity index (χ0) is 27.3. The molecule has 0 unspecified atom stereocenters. The molecule has 0 amide bonds. The molecule has 0 saturated carbocycles. The Kier molecular flexibility index (Phi) is 6.72. The second-order valence-electron chi connectivity index (χ2n) is 9.28. The number of allylic oxidation sites excluding steroid dienone is 1. The summed E-state index contributed by atoms with van der Waals surface area (Å²) >= 11 is 3.41. The van der Waals surface area contributed by atoms with Crippen LogP contribution in [0.4, 0.5) is 0 Å². The van der Waals surface area contributed by atoms with E-state index in [0.29, 0.717) is 30.2 Å². The number of phenols is 1. The third-order valence-corrected chi connectivity index (χ3v) is 8.97. The van der Waals surface area contributed by atoms with Crippen molar-refractivity contribution >= 4 is 45.7 Å². The molecule has 1 aromatic heterocycles. The first-order valence-corrected chi connectivity index (χ1v) is 14.2. The molecule has 3 aromatic carbocycles. The molecule has 198 valence electrons. The average Bonchev–Trinajstić information content (AvgIpc) is 3.27. The first-order chi connectivity index (χ1) is 18.9. The second-order valence-corrected chi connectivity index (χ2v) is 11.5. The fourth-order valence-corrected chi connectivity index (χ4v) is 6.96. The number of halogens is 1. The molecule has 6 rings (SSSR count). The number of hydrogen-bond donors (Lipinski definition) is 1. The molecule has 1 aliphatic carbocycles. The predicted molar refractivity (Wildman–Crippen MR) is 160 cm³/mol. The van der Waals surface area contributed by atoms with Gasteiger partial charge in [-0.3, -0.25) is 9.36 Å². The summed E-state index contributed by atoms with van der Waals surface area (Å²) in [6.07, 6.45) is 3.51. The summed E-state index contributed by atoms with van der Waals surface area (Å²) in [6, 6.07) is 17.4. The quantitative estimate of drug-likeness (QED) is 0.318. The molecule has 1 aliphatic heterocycles. The number of methoxy groups -OCH3 is 3. The third kappa shape index (κ3) is 4.33. The zero-order valence-electron chi connectivity index (χ0n) is 21.5. The van der Waals surface area contributed by atoms with E-state index in [1.807, 2.05) is 36.4 Å². The summed E-state index contributed by atoms with van der Waals surface area (Å²) in [6.45, 7) is 0. The number of aromatic nitrogens is 1. The van der Waals surface area contributed by atoms with Gasteiger partial charge >= 0.3 is 0 Å². The summed E-state index contributed by atoms with van der Waals surface area (Å²) in [7, 11) is 4.73. The molecule has 1 N–H and O–H groups in total. The molecular weight excluding hydrogens is 627 g/mol. The Morgan fingerprint density at radius 2 is 1.77 bits per heavy atom. The Morgan fingerprint density at radius 1 is 1.00 bits per heavy atom. The molecule has 9 heteroatoms. The van der Waals surface area contributed by atoms with Gasteiger partial charge in [-0.05, 0) is 88.0 Å². The van der Waals surface area contributed by atoms with E-state index >= 15 is 0 Å². The highest BCUT2D eigenvalue weighted by Gasteiger charge is 2.33. The molecule has 0 spiro atoms. The molecule has 2 aliphatic rings. The van der Waals surface area contributed by atoms with E-state index in [0.717, 1.165) is 40.8 Å². The van der Waals surface area contributed by atoms with Gasteiger partial charge in [0.25, 0.3) is 5.56 Å². The van der Waals surface area contributed by atoms with Gasteiger partial charge in [-0.15, -0.1) is 0 Å². The van der Waals surface area contributed by atoms with Crippen molar-refractivity contribution in [2.24, 2.45) is 4.99 Å². The first kappa shape index (κ1) is 25.7. The molecule has 0 radical (unpaired) electrons. The second kappa shape index (κ2) is 10.2. The van der Waals surface area contributed by atoms with Crippen LogP contribution in [0.5, 0.6) is 23.0 Å². The lowest BCUT2D eigenvalue weighted by Crippen LogP contribution is -2.38. The van der Waals surface area contributed by atoms with Gasteiger partial charge in [0, 0.05) is 5.56 Å². The van der Waals surface area contributed by atoms with Crippen molar-refractivity contribution < 1.29 is 19.3 Å². The summed E-state index contributed by atoms with van der Waals surface area (Å²) in [4.78, 5) is 19.7. The van der Waals surface area contributed by atoms with E-state index < -0.39 is 0 Å². The van der Waals surface area contributed by atoms with Crippen LogP contribution in [0, 0.1) is 3.57 Å². The Bertz CT molecular complexity index is 1840. The van der Waals surface area contributed by atoms with Crippen LogP contribution in [0.15, 0.2) is 70.0 Å². The highest BCUT2D eigenvalue weighted by molar-refractivity contribution is 14.1. The van der Waals surface area contributed by atoms with Crippen LogP contribution in [-0.2, 0) is 6.42 Å². The van der Waals surface area contributed by atoms with E-state index in [-0.39, 0.29) is 17.4 Å². The molecule has 7 nitrogen and oxygen atoms in total. The minimum atomic E-state index is -0.332. The smallest absolute Gasteiger partial charge is 0.271 e. The van der Waals surface area contributed by atoms with Crippen LogP contribution >= 0.6 is 33.9 Å². The number of thiazole rings is 1. The van der Waals surface area contributed by atoms with Gasteiger partial charge in [0.15, 0.2) is 27.8 Å². The zero-order valence-corrected chi connectivity index (χ0v) is 24.5. The standard InChI is InChI=1S/C30H25IN2O5S/c1-36-22-11-9-18(15-23(22)37-2)27-20-10-8-17-6-4-5-7-19(17)26(20)32-30-33(27)29(35)25(39-30)14-16-12-21(31)28(34)24(13-16)38-3/h4-7,9,11-15,27,34H,8,10H2,1-3H3/b25-14-/t27-/m0/s1. The number of phenolic OH excluding ortho intramolecular Hbond substituents is 1. The number of aromatic hydroxyl groups is 1. The molecule has 39 heavy (non-hydrogen) atoms. The van der Waals surface area contributed by atoms with Gasteiger partial charge < -0.3 is 19.3 Å². The van der Waals surface area contributed by atoms with E-state index in [9.17, 15) is 9.90 Å². The van der Waals surface area contributed by atoms with Gasteiger partial charge in [0.2, 0.25) is 0 Å². The lowest BCUT2D eigenvalue weighted by atomic mass is 9.83. The maximum absolute atomic E-state index is 14.0. The van der Waals surface area contributed by atoms with Crippen molar-refractivity contribution in [2.75, 3.05) is 21.3 Å². The fourth-order valence-electron chi connectivity index (χ4n) is 5.33. The van der Waals surface area contributed by atoms with Crippen LogP contribution in [0.3, 0.4) is 0 Å². The highest BCUT2D eigenvalue weighted by Crippen LogP contribution is 2.43. The largest absolute Gasteiger partial charge is 0.504 e. The molecular formula is C30H25IN2O5S. The van der Waals surface area contributed by atoms with Gasteiger partial charge in [-0.25, -0.2) is 4.99 Å². The number of fused-ring (bicyclic) bond motifs is 3. The summed E-state index contributed by atoms with van der Waals surface area (Å²) in [5.41, 5.74) is 5.99. The van der Waals surface area contributed by atoms with Gasteiger partial charge in [0.1, 0.15) is 0 Å². The maximum atomic E-state index is 14.0. The van der Waals surface area contributed by atoms with Crippen LogP contribution in [-0.4, -0.2) is 31.0 Å². The molecule has 2 heterocycles. The summed E-state index contributed by atoms with van der Waals surface area (Å²) in [5.74, 6) is 1.68. The van der Waals surface area contributed by atoms with Gasteiger partial charge in [-0.2, -0.15) is 0 Å². The number of benzene rings is 3. The van der Waals surface area contributed by atoms with Crippen molar-refractivity contribution in [1.29, 1.82) is 0 Å². The fraction of sp³-hybridized carbons (Fsp3) is 0.200. The molecule has 0 fully saturated rings.